The molecule has 1 aromatic carbocycles. The Labute approximate surface area is 145 Å². The lowest BCUT2D eigenvalue weighted by atomic mass is 9.79. The molecule has 0 saturated carbocycles. The zero-order chi connectivity index (χ0) is 17.4. The van der Waals surface area contributed by atoms with Crippen LogP contribution in [-0.4, -0.2) is 29.6 Å². The van der Waals surface area contributed by atoms with Crippen LogP contribution in [0.2, 0.25) is 0 Å². The molecule has 0 aromatic heterocycles. The number of carbonyl (C=O) groups excluding carboxylic acids is 1. The van der Waals surface area contributed by atoms with Crippen LogP contribution in [0.1, 0.15) is 58.1 Å². The van der Waals surface area contributed by atoms with E-state index in [2.05, 4.69) is 50.5 Å². The molecule has 1 aliphatic carbocycles. The molecule has 3 rings (SSSR count). The molecule has 0 radical (unpaired) electrons. The first-order valence-corrected chi connectivity index (χ1v) is 9.06. The highest BCUT2D eigenvalue weighted by atomic mass is 16.5. The fraction of sp³-hybridized carbons (Fsp3) is 0.650. The summed E-state index contributed by atoms with van der Waals surface area (Å²) in [6.45, 7) is 8.84. The highest BCUT2D eigenvalue weighted by Crippen LogP contribution is 2.29. The fourth-order valence-corrected chi connectivity index (χ4v) is 4.48. The maximum absolute atomic E-state index is 12.3. The van der Waals surface area contributed by atoms with Crippen molar-refractivity contribution in [3.05, 3.63) is 29.3 Å². The van der Waals surface area contributed by atoms with Gasteiger partial charge in [0.1, 0.15) is 5.75 Å². The SMILES string of the molecule is CC1(C)CC(NC(=O)COc2ccc3c(c2)CCC3)CC(C)(C)N1. The zero-order valence-corrected chi connectivity index (χ0v) is 15.4. The monoisotopic (exact) mass is 330 g/mol. The molecule has 4 nitrogen and oxygen atoms in total. The summed E-state index contributed by atoms with van der Waals surface area (Å²) in [6.07, 6.45) is 5.37. The molecule has 24 heavy (non-hydrogen) atoms. The van der Waals surface area contributed by atoms with Gasteiger partial charge in [-0.15, -0.1) is 0 Å². The Balaban J connectivity index is 1.52. The molecular weight excluding hydrogens is 300 g/mol. The second kappa shape index (κ2) is 6.40. The molecule has 2 aliphatic rings. The quantitative estimate of drug-likeness (QED) is 0.892. The predicted octanol–water partition coefficient (Wildman–Crippen LogP) is 2.98. The summed E-state index contributed by atoms with van der Waals surface area (Å²) in [4.78, 5) is 12.3. The lowest BCUT2D eigenvalue weighted by Gasteiger charge is -2.46. The van der Waals surface area contributed by atoms with E-state index >= 15 is 0 Å². The maximum Gasteiger partial charge on any atom is 0.258 e. The van der Waals surface area contributed by atoms with E-state index in [4.69, 9.17) is 4.74 Å². The largest absolute Gasteiger partial charge is 0.484 e. The number of benzene rings is 1. The van der Waals surface area contributed by atoms with Gasteiger partial charge in [0.25, 0.3) is 5.91 Å². The normalized spacial score (nSPS) is 22.0. The predicted molar refractivity (Wildman–Crippen MR) is 96.4 cm³/mol. The summed E-state index contributed by atoms with van der Waals surface area (Å²) in [7, 11) is 0. The minimum atomic E-state index is -0.0333. The minimum Gasteiger partial charge on any atom is -0.484 e. The highest BCUT2D eigenvalue weighted by molar-refractivity contribution is 5.77. The first-order chi connectivity index (χ1) is 11.2. The molecule has 0 bridgehead atoms. The maximum atomic E-state index is 12.3. The number of piperidine rings is 1. The number of amides is 1. The number of ether oxygens (including phenoxy) is 1. The lowest BCUT2D eigenvalue weighted by Crippen LogP contribution is -2.62. The molecule has 2 N–H and O–H groups in total. The summed E-state index contributed by atoms with van der Waals surface area (Å²) < 4.78 is 5.71. The summed E-state index contributed by atoms with van der Waals surface area (Å²) in [5, 5.41) is 6.78. The van der Waals surface area contributed by atoms with Gasteiger partial charge in [-0.1, -0.05) is 6.07 Å². The van der Waals surface area contributed by atoms with Crippen LogP contribution in [0.15, 0.2) is 18.2 Å². The Bertz CT molecular complexity index is 606. The highest BCUT2D eigenvalue weighted by Gasteiger charge is 2.38. The van der Waals surface area contributed by atoms with Gasteiger partial charge in [0, 0.05) is 17.1 Å². The third kappa shape index (κ3) is 4.29. The number of hydrogen-bond donors (Lipinski definition) is 2. The smallest absolute Gasteiger partial charge is 0.258 e. The van der Waals surface area contributed by atoms with Crippen LogP contribution < -0.4 is 15.4 Å². The van der Waals surface area contributed by atoms with Crippen molar-refractivity contribution in [2.75, 3.05) is 6.61 Å². The van der Waals surface area contributed by atoms with Crippen LogP contribution in [0, 0.1) is 0 Å². The fourth-order valence-electron chi connectivity index (χ4n) is 4.48. The Morgan fingerprint density at radius 2 is 1.83 bits per heavy atom. The third-order valence-electron chi connectivity index (χ3n) is 5.00. The van der Waals surface area contributed by atoms with Gasteiger partial charge in [-0.2, -0.15) is 0 Å². The average Bonchev–Trinajstić information content (AvgIpc) is 2.89. The summed E-state index contributed by atoms with van der Waals surface area (Å²) in [6, 6.07) is 6.39. The van der Waals surface area contributed by atoms with Crippen molar-refractivity contribution in [1.82, 2.24) is 10.6 Å². The van der Waals surface area contributed by atoms with E-state index in [1.807, 2.05) is 6.07 Å². The van der Waals surface area contributed by atoms with Crippen molar-refractivity contribution in [3.8, 4) is 5.75 Å². The van der Waals surface area contributed by atoms with E-state index in [9.17, 15) is 4.79 Å². The van der Waals surface area contributed by atoms with Gasteiger partial charge >= 0.3 is 0 Å². The molecular formula is C20H30N2O2. The Kier molecular flexibility index (Phi) is 4.60. The van der Waals surface area contributed by atoms with E-state index in [0.29, 0.717) is 0 Å². The molecule has 1 amide bonds. The van der Waals surface area contributed by atoms with Crippen LogP contribution >= 0.6 is 0 Å². The molecule has 1 saturated heterocycles. The van der Waals surface area contributed by atoms with Crippen molar-refractivity contribution < 1.29 is 9.53 Å². The van der Waals surface area contributed by atoms with E-state index in [1.165, 1.54) is 17.5 Å². The van der Waals surface area contributed by atoms with Crippen molar-refractivity contribution in [2.24, 2.45) is 0 Å². The van der Waals surface area contributed by atoms with Crippen molar-refractivity contribution in [3.63, 3.8) is 0 Å². The van der Waals surface area contributed by atoms with Crippen LogP contribution in [0.4, 0.5) is 0 Å². The third-order valence-corrected chi connectivity index (χ3v) is 5.00. The first kappa shape index (κ1) is 17.3. The van der Waals surface area contributed by atoms with Gasteiger partial charge in [-0.05, 0) is 83.1 Å². The first-order valence-electron chi connectivity index (χ1n) is 9.06. The minimum absolute atomic E-state index is 0.0283. The van der Waals surface area contributed by atoms with E-state index in [0.717, 1.165) is 31.4 Å². The average molecular weight is 330 g/mol. The number of carbonyl (C=O) groups is 1. The molecule has 132 valence electrons. The van der Waals surface area contributed by atoms with Crippen molar-refractivity contribution in [2.45, 2.75) is 76.9 Å². The number of fused-ring (bicyclic) bond motifs is 1. The van der Waals surface area contributed by atoms with Crippen molar-refractivity contribution >= 4 is 5.91 Å². The van der Waals surface area contributed by atoms with Gasteiger partial charge in [-0.25, -0.2) is 0 Å². The number of hydrogen-bond acceptors (Lipinski definition) is 3. The van der Waals surface area contributed by atoms with Gasteiger partial charge in [0.2, 0.25) is 0 Å². The standard InChI is InChI=1S/C20H30N2O2/c1-19(2)11-16(12-20(3,4)22-19)21-18(23)13-24-17-9-8-14-6-5-7-15(14)10-17/h8-10,16,22H,5-7,11-13H2,1-4H3,(H,21,23). The summed E-state index contributed by atoms with van der Waals surface area (Å²) in [5.41, 5.74) is 2.85. The van der Waals surface area contributed by atoms with Gasteiger partial charge in [-0.3, -0.25) is 4.79 Å². The van der Waals surface area contributed by atoms with Crippen LogP contribution in [0.5, 0.6) is 5.75 Å². The van der Waals surface area contributed by atoms with Crippen LogP contribution in [-0.2, 0) is 17.6 Å². The Morgan fingerprint density at radius 1 is 1.17 bits per heavy atom. The van der Waals surface area contributed by atoms with E-state index in [1.54, 1.807) is 0 Å². The molecule has 1 aliphatic heterocycles. The number of rotatable bonds is 4. The zero-order valence-electron chi connectivity index (χ0n) is 15.4. The molecule has 0 unspecified atom stereocenters. The van der Waals surface area contributed by atoms with Crippen LogP contribution in [0.25, 0.3) is 0 Å². The molecule has 0 spiro atoms. The molecule has 1 aromatic rings. The van der Waals surface area contributed by atoms with Gasteiger partial charge in [0.15, 0.2) is 6.61 Å². The number of aryl methyl sites for hydroxylation is 2. The van der Waals surface area contributed by atoms with Crippen LogP contribution in [0.3, 0.4) is 0 Å². The summed E-state index contributed by atoms with van der Waals surface area (Å²) in [5.74, 6) is 0.769. The Morgan fingerprint density at radius 3 is 2.54 bits per heavy atom. The van der Waals surface area contributed by atoms with E-state index in [-0.39, 0.29) is 29.6 Å². The second-order valence-corrected chi connectivity index (χ2v) is 8.64. The Hall–Kier alpha value is -1.55. The second-order valence-electron chi connectivity index (χ2n) is 8.64. The summed E-state index contributed by atoms with van der Waals surface area (Å²) >= 11 is 0. The van der Waals surface area contributed by atoms with E-state index < -0.39 is 0 Å². The molecule has 1 heterocycles. The van der Waals surface area contributed by atoms with Gasteiger partial charge in [0.05, 0.1) is 0 Å². The van der Waals surface area contributed by atoms with Gasteiger partial charge < -0.3 is 15.4 Å². The van der Waals surface area contributed by atoms with Crippen molar-refractivity contribution in [1.29, 1.82) is 0 Å². The molecule has 4 heteroatoms. The molecule has 0 atom stereocenters. The topological polar surface area (TPSA) is 50.4 Å². The lowest BCUT2D eigenvalue weighted by molar-refractivity contribution is -0.124. The number of nitrogens with one attached hydrogen (secondary N) is 2. The molecule has 1 fully saturated rings.